The quantitative estimate of drug-likeness (QED) is 0.104. The smallest absolute Gasteiger partial charge is 0.161 e. The normalized spacial score (nSPS) is 10.9. The first-order valence-corrected chi connectivity index (χ1v) is 46.8. The molecule has 0 fully saturated rings. The highest BCUT2D eigenvalue weighted by molar-refractivity contribution is 6.01. The standard InChI is InChI=1S/4C27H20N2.C21H16N2/c1-19-10-5-7-15-22(19)25-18-26(29-27(28-25)21-12-3-2-4-13-21)24-17-9-14-20-11-6-8-16-23(20)24;1-19-9-7-14-22(17-19)25-18-26(29-27(28-25)21-11-3-2-4-12-21)24-16-8-13-20-10-5-6-15-23(20)24;1-19-9-7-14-22(17-19)26-18-25(21-11-3-2-4-12-21)28-27(29-26)24-16-8-13-20-10-5-6-15-23(20)24;1-19-14-16-22(17-15-19)26-18-25(21-9-3-2-4-10-21)28-27(29-26)24-13-7-11-20-8-5-6-12-23(20)24;1-15-14-20(17-9-3-2-4-10-17)23-21(22-15)19-13-7-11-16-8-5-6-12-18(16)19/h4*2-18H,1H3;2-14H,1H3. The second-order valence-corrected chi connectivity index (χ2v) is 34.4. The molecule has 0 unspecified atom stereocenters. The van der Waals surface area contributed by atoms with Gasteiger partial charge in [-0.1, -0.05) is 466 Å². The van der Waals surface area contributed by atoms with E-state index < -0.39 is 0 Å². The van der Waals surface area contributed by atoms with Gasteiger partial charge in [0.1, 0.15) is 0 Å². The largest absolute Gasteiger partial charge is 0.233 e. The van der Waals surface area contributed by atoms with Gasteiger partial charge >= 0.3 is 0 Å². The van der Waals surface area contributed by atoms with Crippen LogP contribution in [0.15, 0.2) is 491 Å². The summed E-state index contributed by atoms with van der Waals surface area (Å²) in [5.74, 6) is 3.76. The van der Waals surface area contributed by atoms with Gasteiger partial charge < -0.3 is 0 Å². The molecule has 0 aliphatic rings. The third kappa shape index (κ3) is 20.7. The topological polar surface area (TPSA) is 129 Å². The number of nitrogens with zero attached hydrogens (tertiary/aromatic N) is 10. The van der Waals surface area contributed by atoms with Gasteiger partial charge in [0.15, 0.2) is 29.1 Å². The second kappa shape index (κ2) is 41.6. The summed E-state index contributed by atoms with van der Waals surface area (Å²) in [5.41, 5.74) is 29.5. The van der Waals surface area contributed by atoms with E-state index in [1.54, 1.807) is 0 Å². The van der Waals surface area contributed by atoms with Crippen molar-refractivity contribution in [2.75, 3.05) is 0 Å². The highest BCUT2D eigenvalue weighted by Crippen LogP contribution is 2.40. The number of aryl methyl sites for hydroxylation is 5. The molecule has 5 aromatic heterocycles. The van der Waals surface area contributed by atoms with Gasteiger partial charge in [-0.25, -0.2) is 49.8 Å². The van der Waals surface area contributed by atoms with E-state index in [2.05, 4.69) is 427 Å². The van der Waals surface area contributed by atoms with E-state index in [1.165, 1.54) is 65.3 Å². The third-order valence-corrected chi connectivity index (χ3v) is 24.7. The first-order chi connectivity index (χ1) is 68.4. The molecule has 0 saturated heterocycles. The Labute approximate surface area is 810 Å². The number of hydrogen-bond acceptors (Lipinski definition) is 10. The lowest BCUT2D eigenvalue weighted by atomic mass is 9.99. The van der Waals surface area contributed by atoms with Crippen LogP contribution in [0.1, 0.15) is 27.9 Å². The Balaban J connectivity index is 0.000000107. The van der Waals surface area contributed by atoms with E-state index in [0.29, 0.717) is 0 Å². The van der Waals surface area contributed by atoms with Crippen LogP contribution in [0.25, 0.3) is 212 Å². The van der Waals surface area contributed by atoms with Gasteiger partial charge in [0.2, 0.25) is 0 Å². The Kier molecular flexibility index (Phi) is 26.6. The predicted octanol–water partition coefficient (Wildman–Crippen LogP) is 33.0. The summed E-state index contributed by atoms with van der Waals surface area (Å²) in [6, 6.07) is 169. The first kappa shape index (κ1) is 88.8. The Hall–Kier alpha value is -18.1. The van der Waals surface area contributed by atoms with Crippen LogP contribution >= 0.6 is 0 Å². The van der Waals surface area contributed by atoms with Crippen LogP contribution in [0.3, 0.4) is 0 Å². The average Bonchev–Trinajstić information content (AvgIpc) is 0.792. The number of benzene rings is 19. The molecule has 0 N–H and O–H groups in total. The number of rotatable bonds is 14. The van der Waals surface area contributed by atoms with Crippen molar-refractivity contribution >= 4 is 53.9 Å². The molecule has 10 heteroatoms. The molecule has 0 radical (unpaired) electrons. The highest BCUT2D eigenvalue weighted by atomic mass is 14.9. The molecule has 0 spiro atoms. The van der Waals surface area contributed by atoms with E-state index >= 15 is 0 Å². The zero-order chi connectivity index (χ0) is 94.2. The molecule has 0 aliphatic carbocycles. The van der Waals surface area contributed by atoms with Gasteiger partial charge in [-0.05, 0) is 137 Å². The van der Waals surface area contributed by atoms with Gasteiger partial charge in [-0.3, -0.25) is 0 Å². The Bertz CT molecular complexity index is 8260. The Morgan fingerprint density at radius 2 is 0.360 bits per heavy atom. The first-order valence-electron chi connectivity index (χ1n) is 46.8. The molecule has 5 heterocycles. The Morgan fingerprint density at radius 3 is 0.719 bits per heavy atom. The SMILES string of the molecule is Cc1cc(-c2ccccc2)nc(-c2cccc3ccccc23)n1.Cc1ccc(-c2cc(-c3ccccc3)nc(-c3cccc4ccccc34)n2)cc1.Cc1cccc(-c2cc(-c3cccc4ccccc34)nc(-c3ccccc3)n2)c1.Cc1cccc(-c2cc(-c3ccccc3)nc(-c3cccc4ccccc34)n2)c1.Cc1ccccc1-c1cc(-c2cccc3ccccc23)nc(-c2ccccc2)n1. The summed E-state index contributed by atoms with van der Waals surface area (Å²) in [6.45, 7) is 10.4. The molecule has 0 saturated carbocycles. The van der Waals surface area contributed by atoms with Gasteiger partial charge in [0.05, 0.1) is 51.2 Å². The van der Waals surface area contributed by atoms with Crippen LogP contribution in [0, 0.1) is 34.6 Å². The average molecular weight is 1790 g/mol. The lowest BCUT2D eigenvalue weighted by Gasteiger charge is -2.12. The molecular weight excluding hydrogens is 1690 g/mol. The van der Waals surface area contributed by atoms with Crippen LogP contribution in [0.4, 0.5) is 0 Å². The summed E-state index contributed by atoms with van der Waals surface area (Å²) in [5, 5.41) is 11.9. The number of aromatic nitrogens is 10. The van der Waals surface area contributed by atoms with E-state index in [0.717, 1.165) is 175 Å². The number of fused-ring (bicyclic) bond motifs is 5. The van der Waals surface area contributed by atoms with Crippen molar-refractivity contribution in [3.63, 3.8) is 0 Å². The maximum absolute atomic E-state index is 4.98. The summed E-state index contributed by atoms with van der Waals surface area (Å²) in [4.78, 5) is 49.1. The summed E-state index contributed by atoms with van der Waals surface area (Å²) in [6.07, 6.45) is 0. The highest BCUT2D eigenvalue weighted by Gasteiger charge is 2.20. The van der Waals surface area contributed by atoms with Crippen molar-refractivity contribution in [3.05, 3.63) is 519 Å². The van der Waals surface area contributed by atoms with Gasteiger partial charge in [-0.15, -0.1) is 0 Å². The molecule has 19 aromatic carbocycles. The minimum Gasteiger partial charge on any atom is -0.233 e. The molecule has 662 valence electrons. The van der Waals surface area contributed by atoms with Crippen molar-refractivity contribution in [1.82, 2.24) is 49.8 Å². The second-order valence-electron chi connectivity index (χ2n) is 34.4. The van der Waals surface area contributed by atoms with Crippen molar-refractivity contribution < 1.29 is 0 Å². The molecule has 0 bridgehead atoms. The predicted molar refractivity (Wildman–Crippen MR) is 577 cm³/mol. The van der Waals surface area contributed by atoms with Gasteiger partial charge in [-0.2, -0.15) is 0 Å². The fraction of sp³-hybridized carbons (Fsp3) is 0.0388. The number of hydrogen-bond donors (Lipinski definition) is 0. The van der Waals surface area contributed by atoms with E-state index in [-0.39, 0.29) is 0 Å². The maximum Gasteiger partial charge on any atom is 0.161 e. The summed E-state index contributed by atoms with van der Waals surface area (Å²) < 4.78 is 0. The summed E-state index contributed by atoms with van der Waals surface area (Å²) >= 11 is 0. The van der Waals surface area contributed by atoms with Crippen LogP contribution < -0.4 is 0 Å². The Morgan fingerprint density at radius 1 is 0.129 bits per heavy atom. The summed E-state index contributed by atoms with van der Waals surface area (Å²) in [7, 11) is 0. The molecule has 0 atom stereocenters. The molecule has 0 amide bonds. The van der Waals surface area contributed by atoms with Crippen LogP contribution in [-0.4, -0.2) is 49.8 Å². The van der Waals surface area contributed by atoms with Gasteiger partial charge in [0.25, 0.3) is 0 Å². The van der Waals surface area contributed by atoms with E-state index in [4.69, 9.17) is 44.9 Å². The van der Waals surface area contributed by atoms with Crippen molar-refractivity contribution in [2.45, 2.75) is 34.6 Å². The maximum atomic E-state index is 4.98. The van der Waals surface area contributed by atoms with Gasteiger partial charge in [0, 0.05) is 83.6 Å². The zero-order valence-corrected chi connectivity index (χ0v) is 77.7. The fourth-order valence-corrected chi connectivity index (χ4v) is 17.6. The molecule has 139 heavy (non-hydrogen) atoms. The third-order valence-electron chi connectivity index (χ3n) is 24.7. The molecular formula is C129H96N10. The zero-order valence-electron chi connectivity index (χ0n) is 77.7. The van der Waals surface area contributed by atoms with Crippen molar-refractivity contribution in [1.29, 1.82) is 0 Å². The lowest BCUT2D eigenvalue weighted by molar-refractivity contribution is 1.12. The molecule has 10 nitrogen and oxygen atoms in total. The van der Waals surface area contributed by atoms with Crippen LogP contribution in [0.5, 0.6) is 0 Å². The van der Waals surface area contributed by atoms with Crippen LogP contribution in [-0.2, 0) is 0 Å². The van der Waals surface area contributed by atoms with E-state index in [9.17, 15) is 0 Å². The van der Waals surface area contributed by atoms with Crippen LogP contribution in [0.2, 0.25) is 0 Å². The minimum atomic E-state index is 0.743. The molecule has 24 rings (SSSR count). The molecule has 0 aliphatic heterocycles. The fourth-order valence-electron chi connectivity index (χ4n) is 17.6. The van der Waals surface area contributed by atoms with E-state index in [1.807, 2.05) is 104 Å². The lowest BCUT2D eigenvalue weighted by Crippen LogP contribution is -1.97. The molecule has 24 aromatic rings. The minimum absolute atomic E-state index is 0.743. The van der Waals surface area contributed by atoms with Crippen molar-refractivity contribution in [2.24, 2.45) is 0 Å². The van der Waals surface area contributed by atoms with Crippen molar-refractivity contribution in [3.8, 4) is 158 Å². The monoisotopic (exact) mass is 1780 g/mol.